The second-order valence-electron chi connectivity index (χ2n) is 4.03. The molecule has 0 aliphatic heterocycles. The smallest absolute Gasteiger partial charge is 0.367 e. The standard InChI is InChI=1S/C12H18N2O4S/c1-4-18-12(16)11-14-9(7-19-11)10(15)13-5-8(2)6-17-3/h7-8H,4-6H2,1-3H3,(H,13,15). The molecule has 0 radical (unpaired) electrons. The van der Waals surface area contributed by atoms with E-state index in [0.717, 1.165) is 11.3 Å². The van der Waals surface area contributed by atoms with Gasteiger partial charge in [-0.3, -0.25) is 4.79 Å². The fraction of sp³-hybridized carbons (Fsp3) is 0.583. The number of thiazole rings is 1. The number of hydrogen-bond donors (Lipinski definition) is 1. The molecule has 0 aliphatic carbocycles. The highest BCUT2D eigenvalue weighted by molar-refractivity contribution is 7.11. The van der Waals surface area contributed by atoms with Crippen LogP contribution in [-0.4, -0.2) is 43.7 Å². The minimum Gasteiger partial charge on any atom is -0.461 e. The second kappa shape index (κ2) is 7.85. The van der Waals surface area contributed by atoms with Crippen molar-refractivity contribution in [3.63, 3.8) is 0 Å². The molecular weight excluding hydrogens is 268 g/mol. The summed E-state index contributed by atoms with van der Waals surface area (Å²) in [6.45, 7) is 5.05. The van der Waals surface area contributed by atoms with Gasteiger partial charge in [-0.05, 0) is 12.8 Å². The molecule has 0 saturated heterocycles. The monoisotopic (exact) mass is 286 g/mol. The van der Waals surface area contributed by atoms with Crippen molar-refractivity contribution in [2.45, 2.75) is 13.8 Å². The van der Waals surface area contributed by atoms with Gasteiger partial charge in [0.15, 0.2) is 0 Å². The molecular formula is C12H18N2O4S. The largest absolute Gasteiger partial charge is 0.461 e. The van der Waals surface area contributed by atoms with Gasteiger partial charge in [-0.2, -0.15) is 0 Å². The Morgan fingerprint density at radius 2 is 2.26 bits per heavy atom. The number of carbonyl (C=O) groups is 2. The first-order valence-corrected chi connectivity index (χ1v) is 6.86. The van der Waals surface area contributed by atoms with Gasteiger partial charge >= 0.3 is 5.97 Å². The summed E-state index contributed by atoms with van der Waals surface area (Å²) in [7, 11) is 1.62. The normalized spacial score (nSPS) is 11.9. The van der Waals surface area contributed by atoms with Crippen molar-refractivity contribution in [3.05, 3.63) is 16.1 Å². The number of esters is 1. The highest BCUT2D eigenvalue weighted by Crippen LogP contribution is 2.11. The number of hydrogen-bond acceptors (Lipinski definition) is 6. The van der Waals surface area contributed by atoms with Crippen LogP contribution in [0.2, 0.25) is 0 Å². The molecule has 0 bridgehead atoms. The average molecular weight is 286 g/mol. The average Bonchev–Trinajstić information content (AvgIpc) is 2.86. The molecule has 106 valence electrons. The first-order valence-electron chi connectivity index (χ1n) is 5.98. The summed E-state index contributed by atoms with van der Waals surface area (Å²) >= 11 is 1.10. The molecule has 1 aromatic rings. The van der Waals surface area contributed by atoms with Crippen molar-refractivity contribution in [3.8, 4) is 0 Å². The van der Waals surface area contributed by atoms with E-state index >= 15 is 0 Å². The number of nitrogens with one attached hydrogen (secondary N) is 1. The van der Waals surface area contributed by atoms with Crippen molar-refractivity contribution < 1.29 is 19.1 Å². The molecule has 1 unspecified atom stereocenters. The molecule has 1 N–H and O–H groups in total. The van der Waals surface area contributed by atoms with Gasteiger partial charge in [0.2, 0.25) is 5.01 Å². The number of ether oxygens (including phenoxy) is 2. The van der Waals surface area contributed by atoms with Gasteiger partial charge in [-0.25, -0.2) is 9.78 Å². The zero-order valence-corrected chi connectivity index (χ0v) is 12.1. The topological polar surface area (TPSA) is 77.5 Å². The van der Waals surface area contributed by atoms with E-state index in [0.29, 0.717) is 13.2 Å². The molecule has 0 saturated carbocycles. The Kier molecular flexibility index (Phi) is 6.44. The van der Waals surface area contributed by atoms with Gasteiger partial charge < -0.3 is 14.8 Å². The Morgan fingerprint density at radius 3 is 2.89 bits per heavy atom. The number of carbonyl (C=O) groups excluding carboxylic acids is 2. The summed E-state index contributed by atoms with van der Waals surface area (Å²) in [5, 5.41) is 4.48. The molecule has 7 heteroatoms. The summed E-state index contributed by atoms with van der Waals surface area (Å²) in [6.07, 6.45) is 0. The zero-order valence-electron chi connectivity index (χ0n) is 11.3. The summed E-state index contributed by atoms with van der Waals surface area (Å²) in [5.41, 5.74) is 0.234. The van der Waals surface area contributed by atoms with Crippen LogP contribution in [0.25, 0.3) is 0 Å². The van der Waals surface area contributed by atoms with Crippen LogP contribution in [-0.2, 0) is 9.47 Å². The van der Waals surface area contributed by atoms with Crippen LogP contribution in [0.3, 0.4) is 0 Å². The maximum absolute atomic E-state index is 11.8. The summed E-state index contributed by atoms with van der Waals surface area (Å²) < 4.78 is 9.79. The molecule has 19 heavy (non-hydrogen) atoms. The predicted molar refractivity (Wildman–Crippen MR) is 71.4 cm³/mol. The molecule has 1 atom stereocenters. The molecule has 0 spiro atoms. The first-order chi connectivity index (χ1) is 9.08. The summed E-state index contributed by atoms with van der Waals surface area (Å²) in [6, 6.07) is 0. The van der Waals surface area contributed by atoms with Crippen LogP contribution >= 0.6 is 11.3 Å². The Hall–Kier alpha value is -1.47. The Labute approximate surface area is 116 Å². The lowest BCUT2D eigenvalue weighted by Gasteiger charge is -2.10. The van der Waals surface area contributed by atoms with Gasteiger partial charge in [-0.1, -0.05) is 6.92 Å². The third kappa shape index (κ3) is 4.96. The van der Waals surface area contributed by atoms with Crippen molar-refractivity contribution in [2.24, 2.45) is 5.92 Å². The lowest BCUT2D eigenvalue weighted by molar-refractivity contribution is 0.0526. The van der Waals surface area contributed by atoms with Crippen molar-refractivity contribution >= 4 is 23.2 Å². The number of methoxy groups -OCH3 is 1. The van der Waals surface area contributed by atoms with Crippen LogP contribution in [0.5, 0.6) is 0 Å². The fourth-order valence-corrected chi connectivity index (χ4v) is 2.05. The van der Waals surface area contributed by atoms with E-state index < -0.39 is 5.97 Å². The van der Waals surface area contributed by atoms with E-state index in [4.69, 9.17) is 9.47 Å². The molecule has 1 amide bonds. The second-order valence-corrected chi connectivity index (χ2v) is 4.89. The third-order valence-corrected chi connectivity index (χ3v) is 3.07. The van der Waals surface area contributed by atoms with Crippen LogP contribution in [0.1, 0.15) is 34.1 Å². The summed E-state index contributed by atoms with van der Waals surface area (Å²) in [4.78, 5) is 27.1. The van der Waals surface area contributed by atoms with Crippen molar-refractivity contribution in [1.82, 2.24) is 10.3 Å². The molecule has 1 heterocycles. The minimum atomic E-state index is -0.501. The SMILES string of the molecule is CCOC(=O)c1nc(C(=O)NCC(C)COC)cs1. The molecule has 1 rings (SSSR count). The molecule has 1 aromatic heterocycles. The highest BCUT2D eigenvalue weighted by Gasteiger charge is 2.16. The molecule has 6 nitrogen and oxygen atoms in total. The van der Waals surface area contributed by atoms with E-state index in [1.54, 1.807) is 19.4 Å². The van der Waals surface area contributed by atoms with Crippen LogP contribution in [0, 0.1) is 5.92 Å². The maximum Gasteiger partial charge on any atom is 0.367 e. The van der Waals surface area contributed by atoms with Gasteiger partial charge in [-0.15, -0.1) is 11.3 Å². The van der Waals surface area contributed by atoms with Gasteiger partial charge in [0.25, 0.3) is 5.91 Å². The van der Waals surface area contributed by atoms with Crippen LogP contribution < -0.4 is 5.32 Å². The molecule has 0 aromatic carbocycles. The minimum absolute atomic E-state index is 0.192. The van der Waals surface area contributed by atoms with E-state index in [2.05, 4.69) is 10.3 Å². The Bertz CT molecular complexity index is 433. The third-order valence-electron chi connectivity index (χ3n) is 2.25. The molecule has 0 fully saturated rings. The van der Waals surface area contributed by atoms with Gasteiger partial charge in [0.1, 0.15) is 5.69 Å². The quantitative estimate of drug-likeness (QED) is 0.765. The number of aromatic nitrogens is 1. The lowest BCUT2D eigenvalue weighted by atomic mass is 10.2. The first kappa shape index (κ1) is 15.6. The molecule has 0 aliphatic rings. The van der Waals surface area contributed by atoms with E-state index in [-0.39, 0.29) is 29.1 Å². The summed E-state index contributed by atoms with van der Waals surface area (Å²) in [5.74, 6) is -0.578. The van der Waals surface area contributed by atoms with Crippen molar-refractivity contribution in [2.75, 3.05) is 26.9 Å². The van der Waals surface area contributed by atoms with Crippen LogP contribution in [0.15, 0.2) is 5.38 Å². The predicted octanol–water partition coefficient (Wildman–Crippen LogP) is 1.33. The highest BCUT2D eigenvalue weighted by atomic mass is 32.1. The number of amides is 1. The van der Waals surface area contributed by atoms with Gasteiger partial charge in [0.05, 0.1) is 13.2 Å². The fourth-order valence-electron chi connectivity index (χ4n) is 1.37. The zero-order chi connectivity index (χ0) is 14.3. The lowest BCUT2D eigenvalue weighted by Crippen LogP contribution is -2.30. The van der Waals surface area contributed by atoms with E-state index in [1.165, 1.54) is 0 Å². The Balaban J connectivity index is 2.51. The van der Waals surface area contributed by atoms with Crippen LogP contribution in [0.4, 0.5) is 0 Å². The Morgan fingerprint density at radius 1 is 1.53 bits per heavy atom. The van der Waals surface area contributed by atoms with E-state index in [1.807, 2.05) is 6.92 Å². The van der Waals surface area contributed by atoms with Gasteiger partial charge in [0, 0.05) is 19.0 Å². The number of nitrogens with zero attached hydrogens (tertiary/aromatic N) is 1. The van der Waals surface area contributed by atoms with E-state index in [9.17, 15) is 9.59 Å². The van der Waals surface area contributed by atoms with Crippen molar-refractivity contribution in [1.29, 1.82) is 0 Å². The number of rotatable bonds is 7. The maximum atomic E-state index is 11.8.